The molecule has 3 N–H and O–H groups in total. The lowest BCUT2D eigenvalue weighted by Gasteiger charge is -2.26. The first kappa shape index (κ1) is 15.1. The summed E-state index contributed by atoms with van der Waals surface area (Å²) in [5.74, 6) is -0.225. The largest absolute Gasteiger partial charge is 0.397 e. The predicted octanol–water partition coefficient (Wildman–Crippen LogP) is 2.98. The molecule has 0 bridgehead atoms. The SMILES string of the molecule is Nc1cc(Br)c(F)cc1NCCC(=O)N1CCCCC1. The van der Waals surface area contributed by atoms with Crippen molar-refractivity contribution in [1.29, 1.82) is 0 Å². The van der Waals surface area contributed by atoms with E-state index >= 15 is 0 Å². The summed E-state index contributed by atoms with van der Waals surface area (Å²) in [4.78, 5) is 13.9. The number of rotatable bonds is 4. The van der Waals surface area contributed by atoms with Gasteiger partial charge in [-0.05, 0) is 41.3 Å². The minimum absolute atomic E-state index is 0.147. The lowest BCUT2D eigenvalue weighted by molar-refractivity contribution is -0.131. The van der Waals surface area contributed by atoms with Gasteiger partial charge in [-0.1, -0.05) is 0 Å². The van der Waals surface area contributed by atoms with Crippen molar-refractivity contribution in [2.45, 2.75) is 25.7 Å². The van der Waals surface area contributed by atoms with Gasteiger partial charge in [0.15, 0.2) is 0 Å². The van der Waals surface area contributed by atoms with E-state index in [1.165, 1.54) is 18.6 Å². The van der Waals surface area contributed by atoms with Gasteiger partial charge in [0.1, 0.15) is 5.82 Å². The summed E-state index contributed by atoms with van der Waals surface area (Å²) in [6.45, 7) is 2.17. The van der Waals surface area contributed by atoms with E-state index in [0.717, 1.165) is 25.9 Å². The highest BCUT2D eigenvalue weighted by Gasteiger charge is 2.16. The summed E-state index contributed by atoms with van der Waals surface area (Å²) >= 11 is 3.08. The molecule has 0 spiro atoms. The molecule has 0 aliphatic carbocycles. The Labute approximate surface area is 126 Å². The summed E-state index contributed by atoms with van der Waals surface area (Å²) in [6.07, 6.45) is 3.78. The number of amides is 1. The second-order valence-corrected chi connectivity index (χ2v) is 5.83. The highest BCUT2D eigenvalue weighted by atomic mass is 79.9. The molecule has 1 aliphatic heterocycles. The molecule has 1 saturated heterocycles. The molecule has 0 saturated carbocycles. The number of anilines is 2. The molecule has 4 nitrogen and oxygen atoms in total. The van der Waals surface area contributed by atoms with Gasteiger partial charge in [-0.15, -0.1) is 0 Å². The summed E-state index contributed by atoms with van der Waals surface area (Å²) in [7, 11) is 0. The van der Waals surface area contributed by atoms with Gasteiger partial charge < -0.3 is 16.0 Å². The third-order valence-electron chi connectivity index (χ3n) is 3.46. The van der Waals surface area contributed by atoms with E-state index in [2.05, 4.69) is 21.2 Å². The van der Waals surface area contributed by atoms with E-state index in [4.69, 9.17) is 5.73 Å². The second kappa shape index (κ2) is 6.92. The van der Waals surface area contributed by atoms with Crippen molar-refractivity contribution >= 4 is 33.2 Å². The van der Waals surface area contributed by atoms with Gasteiger partial charge in [0.25, 0.3) is 0 Å². The fraction of sp³-hybridized carbons (Fsp3) is 0.500. The number of likely N-dealkylation sites (tertiary alicyclic amines) is 1. The van der Waals surface area contributed by atoms with Crippen molar-refractivity contribution in [2.75, 3.05) is 30.7 Å². The number of nitrogen functional groups attached to an aromatic ring is 1. The number of nitrogens with zero attached hydrogens (tertiary/aromatic N) is 1. The first-order valence-electron chi connectivity index (χ1n) is 6.84. The monoisotopic (exact) mass is 343 g/mol. The maximum Gasteiger partial charge on any atom is 0.224 e. The normalized spacial score (nSPS) is 15.2. The van der Waals surface area contributed by atoms with Crippen LogP contribution in [0.15, 0.2) is 16.6 Å². The molecule has 0 unspecified atom stereocenters. The van der Waals surface area contributed by atoms with E-state index in [1.54, 1.807) is 0 Å². The van der Waals surface area contributed by atoms with Crippen LogP contribution in [0.4, 0.5) is 15.8 Å². The molecule has 0 radical (unpaired) electrons. The Morgan fingerprint density at radius 2 is 2.05 bits per heavy atom. The summed E-state index contributed by atoms with van der Waals surface area (Å²) in [5, 5.41) is 3.02. The fourth-order valence-corrected chi connectivity index (χ4v) is 2.68. The van der Waals surface area contributed by atoms with Crippen molar-refractivity contribution in [3.63, 3.8) is 0 Å². The Hall–Kier alpha value is -1.30. The topological polar surface area (TPSA) is 58.4 Å². The molecule has 110 valence electrons. The van der Waals surface area contributed by atoms with Crippen LogP contribution in [0.1, 0.15) is 25.7 Å². The molecule has 20 heavy (non-hydrogen) atoms. The number of benzene rings is 1. The fourth-order valence-electron chi connectivity index (χ4n) is 2.32. The Morgan fingerprint density at radius 3 is 2.75 bits per heavy atom. The Bertz CT molecular complexity index is 490. The molecule has 1 amide bonds. The van der Waals surface area contributed by atoms with E-state index in [9.17, 15) is 9.18 Å². The van der Waals surface area contributed by atoms with Crippen LogP contribution in [0.5, 0.6) is 0 Å². The number of hydrogen-bond donors (Lipinski definition) is 2. The number of carbonyl (C=O) groups excluding carboxylic acids is 1. The zero-order chi connectivity index (χ0) is 14.5. The van der Waals surface area contributed by atoms with Gasteiger partial charge in [-0.3, -0.25) is 4.79 Å². The minimum atomic E-state index is -0.371. The van der Waals surface area contributed by atoms with Gasteiger partial charge in [-0.25, -0.2) is 4.39 Å². The third kappa shape index (κ3) is 3.85. The molecule has 1 fully saturated rings. The first-order valence-corrected chi connectivity index (χ1v) is 7.63. The molecular weight excluding hydrogens is 325 g/mol. The van der Waals surface area contributed by atoms with Gasteiger partial charge in [0.05, 0.1) is 15.8 Å². The minimum Gasteiger partial charge on any atom is -0.397 e. The number of halogens is 2. The maximum absolute atomic E-state index is 13.4. The summed E-state index contributed by atoms with van der Waals surface area (Å²) in [5.41, 5.74) is 6.78. The molecule has 0 atom stereocenters. The van der Waals surface area contributed by atoms with E-state index in [1.807, 2.05) is 4.90 Å². The molecule has 1 aliphatic rings. The quantitative estimate of drug-likeness (QED) is 0.826. The van der Waals surface area contributed by atoms with E-state index in [-0.39, 0.29) is 11.7 Å². The average Bonchev–Trinajstić information content (AvgIpc) is 2.45. The maximum atomic E-state index is 13.4. The number of nitrogens with one attached hydrogen (secondary N) is 1. The summed E-state index contributed by atoms with van der Waals surface area (Å²) in [6, 6.07) is 2.86. The van der Waals surface area contributed by atoms with Gasteiger partial charge in [0.2, 0.25) is 5.91 Å². The standard InChI is InChI=1S/C14H19BrFN3O/c15-10-8-12(17)13(9-11(10)16)18-5-4-14(20)19-6-2-1-3-7-19/h8-9,18H,1-7,17H2. The van der Waals surface area contributed by atoms with Crippen molar-refractivity contribution < 1.29 is 9.18 Å². The summed E-state index contributed by atoms with van der Waals surface area (Å²) < 4.78 is 13.8. The highest BCUT2D eigenvalue weighted by molar-refractivity contribution is 9.10. The van der Waals surface area contributed by atoms with Gasteiger partial charge in [-0.2, -0.15) is 0 Å². The lowest BCUT2D eigenvalue weighted by atomic mass is 10.1. The smallest absolute Gasteiger partial charge is 0.224 e. The van der Waals surface area contributed by atoms with Crippen LogP contribution < -0.4 is 11.1 Å². The zero-order valence-corrected chi connectivity index (χ0v) is 12.9. The van der Waals surface area contributed by atoms with E-state index in [0.29, 0.717) is 28.8 Å². The Morgan fingerprint density at radius 1 is 1.35 bits per heavy atom. The van der Waals surface area contributed by atoms with Crippen molar-refractivity contribution in [1.82, 2.24) is 4.90 Å². The third-order valence-corrected chi connectivity index (χ3v) is 4.06. The lowest BCUT2D eigenvalue weighted by Crippen LogP contribution is -2.36. The van der Waals surface area contributed by atoms with Crippen LogP contribution in [-0.4, -0.2) is 30.4 Å². The zero-order valence-electron chi connectivity index (χ0n) is 11.3. The van der Waals surface area contributed by atoms with Crippen LogP contribution in [0, 0.1) is 5.82 Å². The van der Waals surface area contributed by atoms with Crippen LogP contribution in [0.2, 0.25) is 0 Å². The average molecular weight is 344 g/mol. The first-order chi connectivity index (χ1) is 9.58. The number of nitrogens with two attached hydrogens (primary N) is 1. The molecule has 2 rings (SSSR count). The second-order valence-electron chi connectivity index (χ2n) is 4.97. The number of hydrogen-bond acceptors (Lipinski definition) is 3. The highest BCUT2D eigenvalue weighted by Crippen LogP contribution is 2.26. The molecule has 6 heteroatoms. The van der Waals surface area contributed by atoms with Crippen molar-refractivity contribution in [3.05, 3.63) is 22.4 Å². The molecule has 0 aromatic heterocycles. The van der Waals surface area contributed by atoms with Gasteiger partial charge in [0, 0.05) is 32.1 Å². The van der Waals surface area contributed by atoms with Crippen LogP contribution in [0.3, 0.4) is 0 Å². The molecule has 1 aromatic carbocycles. The van der Waals surface area contributed by atoms with Crippen LogP contribution in [0.25, 0.3) is 0 Å². The molecule has 1 aromatic rings. The van der Waals surface area contributed by atoms with Crippen LogP contribution >= 0.6 is 15.9 Å². The molecular formula is C14H19BrFN3O. The number of piperidine rings is 1. The van der Waals surface area contributed by atoms with Crippen molar-refractivity contribution in [2.24, 2.45) is 0 Å². The van der Waals surface area contributed by atoms with E-state index < -0.39 is 0 Å². The Kier molecular flexibility index (Phi) is 5.23. The Balaban J connectivity index is 1.83. The van der Waals surface area contributed by atoms with Crippen molar-refractivity contribution in [3.8, 4) is 0 Å². The predicted molar refractivity (Wildman–Crippen MR) is 82.1 cm³/mol. The number of carbonyl (C=O) groups is 1. The van der Waals surface area contributed by atoms with Crippen LogP contribution in [-0.2, 0) is 4.79 Å². The molecule has 1 heterocycles. The van der Waals surface area contributed by atoms with Gasteiger partial charge >= 0.3 is 0 Å².